The van der Waals surface area contributed by atoms with Gasteiger partial charge in [-0.1, -0.05) is 0 Å². The van der Waals surface area contributed by atoms with Gasteiger partial charge < -0.3 is 37.2 Å². The predicted molar refractivity (Wildman–Crippen MR) is 73.9 cm³/mol. The molecular formula is C16H21Cl3NTi. The van der Waals surface area contributed by atoms with Crippen LogP contribution >= 0.6 is 0 Å². The molecule has 0 saturated heterocycles. The molecule has 0 aromatic heterocycles. The number of allylic oxidation sites excluding steroid dienone is 4. The van der Waals surface area contributed by atoms with E-state index in [4.69, 9.17) is 0 Å². The van der Waals surface area contributed by atoms with Crippen LogP contribution in [0, 0.1) is 0 Å². The Morgan fingerprint density at radius 1 is 1.05 bits per heavy atom. The van der Waals surface area contributed by atoms with Crippen LogP contribution in [-0.2, 0) is 19.2 Å². The van der Waals surface area contributed by atoms with E-state index in [0.29, 0.717) is 4.35 Å². The van der Waals surface area contributed by atoms with Crippen molar-refractivity contribution in [3.8, 4) is 0 Å². The second-order valence-electron chi connectivity index (χ2n) is 4.50. The minimum atomic E-state index is -0.102. The van der Waals surface area contributed by atoms with E-state index < -0.39 is 0 Å². The van der Waals surface area contributed by atoms with E-state index in [-0.39, 0.29) is 56.4 Å². The van der Waals surface area contributed by atoms with Gasteiger partial charge in [-0.2, -0.15) is 0 Å². The van der Waals surface area contributed by atoms with Crippen LogP contribution in [0.1, 0.15) is 30.2 Å². The molecule has 2 rings (SSSR count). The van der Waals surface area contributed by atoms with Gasteiger partial charge in [0.2, 0.25) is 0 Å². The zero-order valence-electron chi connectivity index (χ0n) is 12.4. The molecule has 0 heterocycles. The van der Waals surface area contributed by atoms with Crippen molar-refractivity contribution in [2.24, 2.45) is 0 Å². The summed E-state index contributed by atoms with van der Waals surface area (Å²) in [4.78, 5) is 2.61. The molecule has 0 fully saturated rings. The Balaban J connectivity index is 0. The molecule has 1 aliphatic rings. The Hall–Kier alpha value is 0.244. The third-order valence-electron chi connectivity index (χ3n) is 3.39. The zero-order chi connectivity index (χ0) is 12.8. The van der Waals surface area contributed by atoms with E-state index in [1.807, 2.05) is 0 Å². The number of hydrogen-bond acceptors (Lipinski definition) is 1. The van der Waals surface area contributed by atoms with Crippen LogP contribution in [0.4, 0.5) is 0 Å². The largest absolute Gasteiger partial charge is 1.00 e. The average Bonchev–Trinajstić information content (AvgIpc) is 2.93. The summed E-state index contributed by atoms with van der Waals surface area (Å²) in [5.74, 6) is 0. The molecular weight excluding hydrogens is 360 g/mol. The van der Waals surface area contributed by atoms with Crippen LogP contribution in [0.15, 0.2) is 52.4 Å². The van der Waals surface area contributed by atoms with Crippen LogP contribution in [0.3, 0.4) is 0 Å². The third kappa shape index (κ3) is 6.90. The standard InChI is InChI=1S/C11H16N.C5H5.3ClH.Ti/c1-3-12(4-2)10-11-8-6-5-7-9-11;1-2-4-5-3-1;;;;/h5-10H,3-4H2,1-2H3;1-3H,4H2;3*1H;/q;;;;;+3/p-3. The smallest absolute Gasteiger partial charge is 1.00 e. The molecule has 0 saturated carbocycles. The summed E-state index contributed by atoms with van der Waals surface area (Å²) in [5.41, 5.74) is 1.49. The summed E-state index contributed by atoms with van der Waals surface area (Å²) >= 11 is -0.102. The first-order chi connectivity index (χ1) is 8.85. The number of halogens is 3. The molecule has 1 aromatic carbocycles. The second kappa shape index (κ2) is 12.8. The van der Waals surface area contributed by atoms with Gasteiger partial charge in [0.05, 0.1) is 0 Å². The van der Waals surface area contributed by atoms with Crippen LogP contribution in [-0.4, -0.2) is 18.0 Å². The molecule has 0 bridgehead atoms. The summed E-state index contributed by atoms with van der Waals surface area (Å²) in [7, 11) is 0. The molecule has 0 spiro atoms. The molecule has 1 aliphatic carbocycles. The van der Waals surface area contributed by atoms with Crippen molar-refractivity contribution >= 4 is 0 Å². The van der Waals surface area contributed by atoms with Gasteiger partial charge in [0.1, 0.15) is 0 Å². The van der Waals surface area contributed by atoms with Crippen molar-refractivity contribution in [1.82, 2.24) is 4.90 Å². The van der Waals surface area contributed by atoms with E-state index in [2.05, 4.69) is 67.3 Å². The first kappa shape index (κ1) is 23.5. The Morgan fingerprint density at radius 2 is 1.67 bits per heavy atom. The van der Waals surface area contributed by atoms with Gasteiger partial charge in [0.25, 0.3) is 0 Å². The fourth-order valence-electron chi connectivity index (χ4n) is 2.34. The van der Waals surface area contributed by atoms with Crippen molar-refractivity contribution in [3.05, 3.63) is 58.0 Å². The van der Waals surface area contributed by atoms with Crippen molar-refractivity contribution in [2.45, 2.75) is 24.6 Å². The van der Waals surface area contributed by atoms with Gasteiger partial charge in [-0.05, 0) is 0 Å². The Bertz CT molecular complexity index is 430. The molecule has 0 radical (unpaired) electrons. The molecule has 21 heavy (non-hydrogen) atoms. The number of nitrogens with zero attached hydrogens (tertiary/aromatic N) is 1. The van der Waals surface area contributed by atoms with Gasteiger partial charge >= 0.3 is 120 Å². The quantitative estimate of drug-likeness (QED) is 0.446. The predicted octanol–water partition coefficient (Wildman–Crippen LogP) is -5.03. The van der Waals surface area contributed by atoms with E-state index in [0.717, 1.165) is 13.1 Å². The Labute approximate surface area is 156 Å². The van der Waals surface area contributed by atoms with Gasteiger partial charge in [-0.3, -0.25) is 0 Å². The van der Waals surface area contributed by atoms with Gasteiger partial charge in [-0.25, -0.2) is 0 Å². The molecule has 0 amide bonds. The second-order valence-corrected chi connectivity index (χ2v) is 6.81. The molecule has 5 heteroatoms. The average molecular weight is 382 g/mol. The molecule has 0 N–H and O–H groups in total. The van der Waals surface area contributed by atoms with Crippen LogP contribution in [0.25, 0.3) is 0 Å². The topological polar surface area (TPSA) is 3.24 Å². The maximum Gasteiger partial charge on any atom is -1.00 e. The normalized spacial score (nSPS) is 13.4. The van der Waals surface area contributed by atoms with Gasteiger partial charge in [0.15, 0.2) is 0 Å². The molecule has 1 aromatic rings. The first-order valence-corrected chi connectivity index (χ1v) is 8.44. The van der Waals surface area contributed by atoms with Gasteiger partial charge in [0, 0.05) is 0 Å². The minimum absolute atomic E-state index is 0. The van der Waals surface area contributed by atoms with Crippen LogP contribution < -0.4 is 37.2 Å². The minimum Gasteiger partial charge on any atom is -1.00 e. The zero-order valence-corrected chi connectivity index (χ0v) is 16.2. The van der Waals surface area contributed by atoms with Gasteiger partial charge in [-0.15, -0.1) is 0 Å². The number of hydrogen-bond donors (Lipinski definition) is 0. The summed E-state index contributed by atoms with van der Waals surface area (Å²) < 4.78 is 2.32. The summed E-state index contributed by atoms with van der Waals surface area (Å²) in [5, 5.41) is 0. The van der Waals surface area contributed by atoms with E-state index in [1.165, 1.54) is 12.0 Å². The number of rotatable bonds is 6. The SMILES string of the molecule is CCN(CC)[CH]([Ti+3][C]1=CC=CC1)c1ccccc1.[Cl-].[Cl-].[Cl-]. The van der Waals surface area contributed by atoms with Crippen LogP contribution in [0.5, 0.6) is 0 Å². The Morgan fingerprint density at radius 3 is 2.14 bits per heavy atom. The van der Waals surface area contributed by atoms with E-state index in [9.17, 15) is 0 Å². The Kier molecular flexibility index (Phi) is 14.3. The summed E-state index contributed by atoms with van der Waals surface area (Å²) in [6.07, 6.45) is 8.01. The van der Waals surface area contributed by atoms with Crippen molar-refractivity contribution in [2.75, 3.05) is 13.1 Å². The summed E-state index contributed by atoms with van der Waals surface area (Å²) in [6, 6.07) is 11.0. The first-order valence-electron chi connectivity index (χ1n) is 6.76. The maximum absolute atomic E-state index is 2.61. The molecule has 1 nitrogen and oxygen atoms in total. The fraction of sp³-hybridized carbons (Fsp3) is 0.375. The fourth-order valence-corrected chi connectivity index (χ4v) is 4.97. The van der Waals surface area contributed by atoms with Crippen molar-refractivity contribution < 1.29 is 56.4 Å². The maximum atomic E-state index is 2.61. The van der Waals surface area contributed by atoms with E-state index in [1.54, 1.807) is 3.88 Å². The van der Waals surface area contributed by atoms with Crippen molar-refractivity contribution in [3.63, 3.8) is 0 Å². The molecule has 0 aliphatic heterocycles. The third-order valence-corrected chi connectivity index (χ3v) is 6.06. The molecule has 1 atom stereocenters. The molecule has 115 valence electrons. The molecule has 1 unspecified atom stereocenters. The monoisotopic (exact) mass is 380 g/mol. The van der Waals surface area contributed by atoms with Crippen molar-refractivity contribution in [1.29, 1.82) is 0 Å². The summed E-state index contributed by atoms with van der Waals surface area (Å²) in [6.45, 7) is 6.82. The van der Waals surface area contributed by atoms with E-state index >= 15 is 0 Å². The van der Waals surface area contributed by atoms with Crippen LogP contribution in [0.2, 0.25) is 0 Å². The number of benzene rings is 1.